The topological polar surface area (TPSA) is 83.6 Å². The first-order valence-corrected chi connectivity index (χ1v) is 11.3. The number of sulfonamides is 2. The number of hydrogen-bond acceptors (Lipinski definition) is 6. The van der Waals surface area contributed by atoms with E-state index in [0.717, 1.165) is 27.0 Å². The van der Waals surface area contributed by atoms with Gasteiger partial charge in [-0.25, -0.2) is 25.9 Å². The molecule has 2 aromatic rings. The molecule has 0 aliphatic carbocycles. The highest BCUT2D eigenvalue weighted by Gasteiger charge is 2.22. The van der Waals surface area contributed by atoms with Gasteiger partial charge in [0.25, 0.3) is 10.0 Å². The molecule has 12 heteroatoms. The van der Waals surface area contributed by atoms with Crippen LogP contribution in [0.25, 0.3) is 0 Å². The van der Waals surface area contributed by atoms with Crippen LogP contribution in [0.4, 0.5) is 0 Å². The molecular formula is C11H12Cl2N2O4S4. The Bertz CT molecular complexity index is 916. The molecule has 0 spiro atoms. The number of nitrogens with zero attached hydrogens (tertiary/aromatic N) is 1. The van der Waals surface area contributed by atoms with Crippen LogP contribution in [0, 0.1) is 0 Å². The SMILES string of the molecule is CN(C)S(=O)(=O)c1ccc(CNS(=O)(=O)c2cc(Cl)sc2Cl)s1. The predicted molar refractivity (Wildman–Crippen MR) is 93.6 cm³/mol. The molecule has 0 amide bonds. The maximum atomic E-state index is 12.2. The van der Waals surface area contributed by atoms with Crippen molar-refractivity contribution in [3.63, 3.8) is 0 Å². The summed E-state index contributed by atoms with van der Waals surface area (Å²) in [4.78, 5) is 0.471. The summed E-state index contributed by atoms with van der Waals surface area (Å²) in [7, 11) is -4.49. The lowest BCUT2D eigenvalue weighted by molar-refractivity contribution is 0.523. The van der Waals surface area contributed by atoms with Gasteiger partial charge in [0.05, 0.1) is 4.34 Å². The second kappa shape index (κ2) is 6.96. The van der Waals surface area contributed by atoms with Gasteiger partial charge in [-0.05, 0) is 18.2 Å². The molecule has 0 unspecified atom stereocenters. The summed E-state index contributed by atoms with van der Waals surface area (Å²) in [6.07, 6.45) is 0. The van der Waals surface area contributed by atoms with Gasteiger partial charge in [0, 0.05) is 25.5 Å². The molecule has 2 heterocycles. The molecule has 6 nitrogen and oxygen atoms in total. The second-order valence-electron chi connectivity index (χ2n) is 4.52. The van der Waals surface area contributed by atoms with Gasteiger partial charge in [-0.1, -0.05) is 23.2 Å². The molecule has 2 aromatic heterocycles. The average molecular weight is 435 g/mol. The highest BCUT2D eigenvalue weighted by atomic mass is 35.5. The zero-order chi connectivity index (χ0) is 17.4. The lowest BCUT2D eigenvalue weighted by atomic mass is 10.5. The summed E-state index contributed by atoms with van der Waals surface area (Å²) in [6, 6.07) is 4.27. The standard InChI is InChI=1S/C11H12Cl2N2O4S4/c1-15(2)23(18,19)10-4-3-7(20-10)6-14-22(16,17)8-5-9(12)21-11(8)13/h3-5,14H,6H2,1-2H3. The van der Waals surface area contributed by atoms with Gasteiger partial charge in [0.1, 0.15) is 13.4 Å². The van der Waals surface area contributed by atoms with Crippen LogP contribution < -0.4 is 4.72 Å². The van der Waals surface area contributed by atoms with E-state index in [1.165, 1.54) is 26.2 Å². The molecule has 0 aromatic carbocycles. The normalized spacial score (nSPS) is 12.9. The summed E-state index contributed by atoms with van der Waals surface area (Å²) < 4.78 is 52.3. The second-order valence-corrected chi connectivity index (χ2v) is 12.1. The molecule has 2 rings (SSSR count). The first kappa shape index (κ1) is 19.1. The Morgan fingerprint density at radius 3 is 2.30 bits per heavy atom. The number of rotatable bonds is 6. The molecule has 0 aliphatic heterocycles. The minimum absolute atomic E-state index is 0.0419. The van der Waals surface area contributed by atoms with Crippen molar-refractivity contribution < 1.29 is 16.8 Å². The quantitative estimate of drug-likeness (QED) is 0.757. The Hall–Kier alpha value is -0.200. The van der Waals surface area contributed by atoms with Crippen LogP contribution in [0.5, 0.6) is 0 Å². The molecular weight excluding hydrogens is 423 g/mol. The van der Waals surface area contributed by atoms with Crippen molar-refractivity contribution in [3.8, 4) is 0 Å². The van der Waals surface area contributed by atoms with Gasteiger partial charge in [0.2, 0.25) is 10.0 Å². The molecule has 0 saturated heterocycles. The lowest BCUT2D eigenvalue weighted by Crippen LogP contribution is -2.22. The highest BCUT2D eigenvalue weighted by Crippen LogP contribution is 2.34. The van der Waals surface area contributed by atoms with Crippen molar-refractivity contribution in [1.82, 2.24) is 9.03 Å². The van der Waals surface area contributed by atoms with E-state index >= 15 is 0 Å². The van der Waals surface area contributed by atoms with E-state index in [1.807, 2.05) is 0 Å². The summed E-state index contributed by atoms with van der Waals surface area (Å²) in [5.41, 5.74) is 0. The van der Waals surface area contributed by atoms with E-state index < -0.39 is 20.0 Å². The summed E-state index contributed by atoms with van der Waals surface area (Å²) in [6.45, 7) is -0.0419. The molecule has 0 atom stereocenters. The van der Waals surface area contributed by atoms with Gasteiger partial charge >= 0.3 is 0 Å². The fourth-order valence-corrected chi connectivity index (χ4v) is 7.23. The zero-order valence-electron chi connectivity index (χ0n) is 11.9. The monoisotopic (exact) mass is 434 g/mol. The number of halogens is 2. The van der Waals surface area contributed by atoms with Crippen molar-refractivity contribution in [3.05, 3.63) is 31.7 Å². The van der Waals surface area contributed by atoms with E-state index in [-0.39, 0.29) is 24.3 Å². The van der Waals surface area contributed by atoms with E-state index in [0.29, 0.717) is 4.88 Å². The third-order valence-electron chi connectivity index (χ3n) is 2.72. The first-order chi connectivity index (χ1) is 10.5. The maximum Gasteiger partial charge on any atom is 0.252 e. The smallest absolute Gasteiger partial charge is 0.207 e. The largest absolute Gasteiger partial charge is 0.252 e. The van der Waals surface area contributed by atoms with Crippen molar-refractivity contribution in [2.45, 2.75) is 15.6 Å². The van der Waals surface area contributed by atoms with Crippen LogP contribution in [-0.2, 0) is 26.6 Å². The summed E-state index contributed by atoms with van der Waals surface area (Å²) in [5.74, 6) is 0. The van der Waals surface area contributed by atoms with Gasteiger partial charge in [-0.2, -0.15) is 0 Å². The van der Waals surface area contributed by atoms with Crippen LogP contribution in [0.15, 0.2) is 27.3 Å². The van der Waals surface area contributed by atoms with Crippen LogP contribution in [0.2, 0.25) is 8.67 Å². The molecule has 0 aliphatic rings. The summed E-state index contributed by atoms with van der Waals surface area (Å²) in [5, 5.41) is 0. The Kier molecular flexibility index (Phi) is 5.79. The Morgan fingerprint density at radius 2 is 1.78 bits per heavy atom. The van der Waals surface area contributed by atoms with Crippen molar-refractivity contribution in [1.29, 1.82) is 0 Å². The van der Waals surface area contributed by atoms with E-state index in [2.05, 4.69) is 4.72 Å². The molecule has 23 heavy (non-hydrogen) atoms. The van der Waals surface area contributed by atoms with Crippen LogP contribution in [0.3, 0.4) is 0 Å². The van der Waals surface area contributed by atoms with E-state index in [4.69, 9.17) is 23.2 Å². The van der Waals surface area contributed by atoms with E-state index in [9.17, 15) is 16.8 Å². The van der Waals surface area contributed by atoms with Crippen molar-refractivity contribution >= 4 is 65.9 Å². The van der Waals surface area contributed by atoms with Gasteiger partial charge in [0.15, 0.2) is 0 Å². The average Bonchev–Trinajstić information content (AvgIpc) is 3.03. The Balaban J connectivity index is 2.16. The molecule has 1 N–H and O–H groups in total. The minimum Gasteiger partial charge on any atom is -0.207 e. The Labute approximate surface area is 152 Å². The third-order valence-corrected chi connectivity index (χ3v) is 9.25. The first-order valence-electron chi connectivity index (χ1n) is 6.00. The van der Waals surface area contributed by atoms with Gasteiger partial charge in [-0.15, -0.1) is 22.7 Å². The highest BCUT2D eigenvalue weighted by molar-refractivity contribution is 7.91. The van der Waals surface area contributed by atoms with E-state index in [1.54, 1.807) is 6.07 Å². The fourth-order valence-electron chi connectivity index (χ4n) is 1.52. The van der Waals surface area contributed by atoms with Crippen LogP contribution in [-0.4, -0.2) is 35.2 Å². The van der Waals surface area contributed by atoms with Crippen molar-refractivity contribution in [2.75, 3.05) is 14.1 Å². The van der Waals surface area contributed by atoms with Crippen LogP contribution in [0.1, 0.15) is 4.88 Å². The minimum atomic E-state index is -3.82. The van der Waals surface area contributed by atoms with Gasteiger partial charge in [-0.3, -0.25) is 0 Å². The van der Waals surface area contributed by atoms with Crippen LogP contribution >= 0.6 is 45.9 Å². The predicted octanol–water partition coefficient (Wildman–Crippen LogP) is 2.85. The van der Waals surface area contributed by atoms with Crippen molar-refractivity contribution in [2.24, 2.45) is 0 Å². The third kappa shape index (κ3) is 4.26. The maximum absolute atomic E-state index is 12.2. The fraction of sp³-hybridized carbons (Fsp3) is 0.273. The number of thiophene rings is 2. The molecule has 128 valence electrons. The molecule has 0 bridgehead atoms. The molecule has 0 fully saturated rings. The zero-order valence-corrected chi connectivity index (χ0v) is 16.7. The Morgan fingerprint density at radius 1 is 1.13 bits per heavy atom. The lowest BCUT2D eigenvalue weighted by Gasteiger charge is -2.08. The number of nitrogens with one attached hydrogen (secondary N) is 1. The number of hydrogen-bond donors (Lipinski definition) is 1. The van der Waals surface area contributed by atoms with Gasteiger partial charge < -0.3 is 0 Å². The molecule has 0 saturated carbocycles. The summed E-state index contributed by atoms with van der Waals surface area (Å²) >= 11 is 13.5. The molecule has 0 radical (unpaired) electrons.